The van der Waals surface area contributed by atoms with E-state index in [-0.39, 0.29) is 23.8 Å². The molecule has 1 fully saturated rings. The normalized spacial score (nSPS) is 15.2. The van der Waals surface area contributed by atoms with Gasteiger partial charge in [-0.3, -0.25) is 9.69 Å². The first-order valence-corrected chi connectivity index (χ1v) is 8.25. The van der Waals surface area contributed by atoms with E-state index in [0.29, 0.717) is 13.1 Å². The Morgan fingerprint density at radius 2 is 1.93 bits per heavy atom. The standard InChI is InChI=1S/C16H19F3N6O.ClH/c17-16(18,19)12-3-1-2-4-14(12)25-11-13(22-23-25)15(26)21-7-10-24-8-5-20-6-9-24;/h1-4,11,20H,5-10H2,(H,21,26);1H. The van der Waals surface area contributed by atoms with Gasteiger partial charge in [-0.2, -0.15) is 13.2 Å². The first-order valence-electron chi connectivity index (χ1n) is 8.25. The molecule has 2 N–H and O–H groups in total. The summed E-state index contributed by atoms with van der Waals surface area (Å²) in [4.78, 5) is 14.3. The summed E-state index contributed by atoms with van der Waals surface area (Å²) in [5.74, 6) is -0.462. The minimum Gasteiger partial charge on any atom is -0.349 e. The van der Waals surface area contributed by atoms with Gasteiger partial charge >= 0.3 is 6.18 Å². The molecule has 1 aromatic carbocycles. The lowest BCUT2D eigenvalue weighted by atomic mass is 10.1. The van der Waals surface area contributed by atoms with Gasteiger partial charge in [0.25, 0.3) is 5.91 Å². The molecule has 27 heavy (non-hydrogen) atoms. The third-order valence-corrected chi connectivity index (χ3v) is 4.11. The van der Waals surface area contributed by atoms with E-state index < -0.39 is 17.6 Å². The first kappa shape index (κ1) is 21.1. The molecule has 7 nitrogen and oxygen atoms in total. The van der Waals surface area contributed by atoms with Crippen molar-refractivity contribution < 1.29 is 18.0 Å². The molecular formula is C16H20ClF3N6O. The van der Waals surface area contributed by atoms with E-state index in [1.54, 1.807) is 0 Å². The summed E-state index contributed by atoms with van der Waals surface area (Å²) in [6.07, 6.45) is -3.32. The maximum absolute atomic E-state index is 13.1. The highest BCUT2D eigenvalue weighted by Crippen LogP contribution is 2.33. The second kappa shape index (κ2) is 9.16. The van der Waals surface area contributed by atoms with Crippen molar-refractivity contribution in [2.24, 2.45) is 0 Å². The van der Waals surface area contributed by atoms with E-state index in [1.807, 2.05) is 0 Å². The van der Waals surface area contributed by atoms with Crippen molar-refractivity contribution in [3.8, 4) is 5.69 Å². The lowest BCUT2D eigenvalue weighted by molar-refractivity contribution is -0.137. The molecule has 1 aliphatic rings. The Morgan fingerprint density at radius 3 is 2.63 bits per heavy atom. The molecule has 0 aliphatic carbocycles. The van der Waals surface area contributed by atoms with Gasteiger partial charge in [0.05, 0.1) is 17.4 Å². The van der Waals surface area contributed by atoms with Crippen molar-refractivity contribution in [3.63, 3.8) is 0 Å². The molecule has 2 heterocycles. The number of nitrogens with zero attached hydrogens (tertiary/aromatic N) is 4. The molecule has 1 saturated heterocycles. The van der Waals surface area contributed by atoms with Crippen LogP contribution in [0.15, 0.2) is 30.5 Å². The van der Waals surface area contributed by atoms with Gasteiger partial charge in [-0.1, -0.05) is 17.3 Å². The fourth-order valence-corrected chi connectivity index (χ4v) is 2.75. The monoisotopic (exact) mass is 404 g/mol. The SMILES string of the molecule is Cl.O=C(NCCN1CCNCC1)c1cn(-c2ccccc2C(F)(F)F)nn1. The maximum atomic E-state index is 13.1. The van der Waals surface area contributed by atoms with Crippen LogP contribution in [0.2, 0.25) is 0 Å². The second-order valence-corrected chi connectivity index (χ2v) is 5.91. The first-order chi connectivity index (χ1) is 12.4. The number of carbonyl (C=O) groups excluding carboxylic acids is 1. The number of alkyl halides is 3. The van der Waals surface area contributed by atoms with Crippen LogP contribution in [0.25, 0.3) is 5.69 Å². The molecule has 0 saturated carbocycles. The van der Waals surface area contributed by atoms with Gasteiger partial charge in [0.2, 0.25) is 0 Å². The van der Waals surface area contributed by atoms with E-state index in [1.165, 1.54) is 24.4 Å². The van der Waals surface area contributed by atoms with Gasteiger partial charge < -0.3 is 10.6 Å². The number of benzene rings is 1. The van der Waals surface area contributed by atoms with Gasteiger partial charge in [-0.05, 0) is 12.1 Å². The quantitative estimate of drug-likeness (QED) is 0.786. The van der Waals surface area contributed by atoms with Crippen LogP contribution < -0.4 is 10.6 Å². The molecule has 0 atom stereocenters. The van der Waals surface area contributed by atoms with Crippen LogP contribution >= 0.6 is 12.4 Å². The zero-order valence-electron chi connectivity index (χ0n) is 14.4. The number of para-hydroxylation sites is 1. The summed E-state index contributed by atoms with van der Waals surface area (Å²) in [5.41, 5.74) is -1.04. The number of nitrogens with one attached hydrogen (secondary N) is 2. The highest BCUT2D eigenvalue weighted by molar-refractivity contribution is 5.91. The van der Waals surface area contributed by atoms with Crippen molar-refractivity contribution in [3.05, 3.63) is 41.7 Å². The highest BCUT2D eigenvalue weighted by atomic mass is 35.5. The van der Waals surface area contributed by atoms with Crippen LogP contribution in [0.3, 0.4) is 0 Å². The van der Waals surface area contributed by atoms with Crippen molar-refractivity contribution in [2.45, 2.75) is 6.18 Å². The molecule has 2 aromatic rings. The van der Waals surface area contributed by atoms with Gasteiger partial charge in [0, 0.05) is 39.3 Å². The van der Waals surface area contributed by atoms with Crippen LogP contribution in [-0.2, 0) is 6.18 Å². The molecular weight excluding hydrogens is 385 g/mol. The molecule has 1 amide bonds. The van der Waals surface area contributed by atoms with Crippen LogP contribution in [-0.4, -0.2) is 65.1 Å². The highest BCUT2D eigenvalue weighted by Gasteiger charge is 2.34. The van der Waals surface area contributed by atoms with Crippen molar-refractivity contribution in [2.75, 3.05) is 39.3 Å². The molecule has 1 aromatic heterocycles. The van der Waals surface area contributed by atoms with Crippen LogP contribution in [0, 0.1) is 0 Å². The third kappa shape index (κ3) is 5.41. The Kier molecular flexibility index (Phi) is 7.17. The van der Waals surface area contributed by atoms with Crippen LogP contribution in [0.1, 0.15) is 16.1 Å². The second-order valence-electron chi connectivity index (χ2n) is 5.91. The summed E-state index contributed by atoms with van der Waals surface area (Å²) in [6, 6.07) is 5.01. The Balaban J connectivity index is 0.00000261. The number of carbonyl (C=O) groups is 1. The van der Waals surface area contributed by atoms with E-state index in [9.17, 15) is 18.0 Å². The zero-order chi connectivity index (χ0) is 18.6. The largest absolute Gasteiger partial charge is 0.418 e. The predicted octanol–water partition coefficient (Wildman–Crippen LogP) is 1.34. The number of aromatic nitrogens is 3. The molecule has 1 aliphatic heterocycles. The number of rotatable bonds is 5. The van der Waals surface area contributed by atoms with Gasteiger partial charge in [0.1, 0.15) is 0 Å². The van der Waals surface area contributed by atoms with Crippen LogP contribution in [0.5, 0.6) is 0 Å². The van der Waals surface area contributed by atoms with Gasteiger partial charge in [-0.15, -0.1) is 17.5 Å². The third-order valence-electron chi connectivity index (χ3n) is 4.11. The Morgan fingerprint density at radius 1 is 1.22 bits per heavy atom. The minimum atomic E-state index is -4.52. The molecule has 3 rings (SSSR count). The average Bonchev–Trinajstić information content (AvgIpc) is 3.12. The number of halogens is 4. The molecule has 0 unspecified atom stereocenters. The van der Waals surface area contributed by atoms with Crippen LogP contribution in [0.4, 0.5) is 13.2 Å². The summed E-state index contributed by atoms with van der Waals surface area (Å²) in [6.45, 7) is 4.81. The van der Waals surface area contributed by atoms with Crippen molar-refractivity contribution in [1.29, 1.82) is 0 Å². The molecule has 11 heteroatoms. The number of amides is 1. The zero-order valence-corrected chi connectivity index (χ0v) is 15.2. The number of piperazine rings is 1. The van der Waals surface area contributed by atoms with Crippen molar-refractivity contribution >= 4 is 18.3 Å². The molecule has 0 radical (unpaired) electrons. The van der Waals surface area contributed by atoms with E-state index in [4.69, 9.17) is 0 Å². The topological polar surface area (TPSA) is 75.1 Å². The fraction of sp³-hybridized carbons (Fsp3) is 0.438. The Bertz CT molecular complexity index is 761. The smallest absolute Gasteiger partial charge is 0.349 e. The summed E-state index contributed by atoms with van der Waals surface area (Å²) in [7, 11) is 0. The van der Waals surface area contributed by atoms with Crippen molar-refractivity contribution in [1.82, 2.24) is 30.5 Å². The fourth-order valence-electron chi connectivity index (χ4n) is 2.75. The number of hydrogen-bond acceptors (Lipinski definition) is 5. The lowest BCUT2D eigenvalue weighted by Gasteiger charge is -2.26. The Labute approximate surface area is 160 Å². The van der Waals surface area contributed by atoms with E-state index in [0.717, 1.165) is 36.9 Å². The predicted molar refractivity (Wildman–Crippen MR) is 95.3 cm³/mol. The summed E-state index contributed by atoms with van der Waals surface area (Å²) < 4.78 is 40.2. The maximum Gasteiger partial charge on any atom is 0.418 e. The van der Waals surface area contributed by atoms with E-state index >= 15 is 0 Å². The Hall–Kier alpha value is -2.17. The van der Waals surface area contributed by atoms with Gasteiger partial charge in [-0.25, -0.2) is 4.68 Å². The lowest BCUT2D eigenvalue weighted by Crippen LogP contribution is -2.46. The summed E-state index contributed by atoms with van der Waals surface area (Å²) in [5, 5.41) is 13.3. The molecule has 0 spiro atoms. The minimum absolute atomic E-state index is 0. The van der Waals surface area contributed by atoms with Gasteiger partial charge in [0.15, 0.2) is 5.69 Å². The average molecular weight is 405 g/mol. The molecule has 148 valence electrons. The number of hydrogen-bond donors (Lipinski definition) is 2. The molecule has 0 bridgehead atoms. The van der Waals surface area contributed by atoms with E-state index in [2.05, 4.69) is 25.8 Å². The summed E-state index contributed by atoms with van der Waals surface area (Å²) >= 11 is 0.